The number of hydrogen-bond donors (Lipinski definition) is 2. The molecule has 2 aliphatic carbocycles. The molecule has 2 fully saturated rings. The molecule has 10 heteroatoms. The van der Waals surface area contributed by atoms with Gasteiger partial charge >= 0.3 is 18.9 Å². The third-order valence-corrected chi connectivity index (χ3v) is 8.84. The fourth-order valence-electron chi connectivity index (χ4n) is 5.43. The van der Waals surface area contributed by atoms with Crippen molar-refractivity contribution in [3.05, 3.63) is 39.1 Å². The van der Waals surface area contributed by atoms with Crippen LogP contribution < -0.4 is 24.2 Å². The second-order valence-electron chi connectivity index (χ2n) is 9.25. The molecule has 5 rings (SSSR count). The van der Waals surface area contributed by atoms with Gasteiger partial charge in [0.1, 0.15) is 10.5 Å². The molecule has 2 bridgehead atoms. The van der Waals surface area contributed by atoms with E-state index in [1.807, 2.05) is 27.5 Å². The molecule has 1 amide bonds. The Hall–Kier alpha value is -1.02. The summed E-state index contributed by atoms with van der Waals surface area (Å²) in [5, 5.41) is 14.2. The van der Waals surface area contributed by atoms with Crippen molar-refractivity contribution in [3.63, 3.8) is 0 Å². The van der Waals surface area contributed by atoms with E-state index in [0.717, 1.165) is 35.3 Å². The van der Waals surface area contributed by atoms with Gasteiger partial charge in [0.25, 0.3) is 10.0 Å². The smallest absolute Gasteiger partial charge is 0.514 e. The minimum absolute atomic E-state index is 0. The van der Waals surface area contributed by atoms with E-state index < -0.39 is 10.0 Å². The van der Waals surface area contributed by atoms with Crippen molar-refractivity contribution in [3.8, 4) is 0 Å². The Balaban J connectivity index is 0.00000245. The third-order valence-electron chi connectivity index (χ3n) is 6.86. The maximum absolute atomic E-state index is 13.6. The molecule has 2 saturated carbocycles. The van der Waals surface area contributed by atoms with Gasteiger partial charge in [0.05, 0.1) is 11.4 Å². The van der Waals surface area contributed by atoms with Crippen molar-refractivity contribution in [1.82, 2.24) is 4.90 Å². The van der Waals surface area contributed by atoms with Crippen LogP contribution in [0.1, 0.15) is 39.5 Å². The first kappa shape index (κ1) is 24.1. The molecule has 4 aliphatic rings. The van der Waals surface area contributed by atoms with Crippen LogP contribution in [-0.2, 0) is 14.8 Å². The van der Waals surface area contributed by atoms with E-state index in [0.29, 0.717) is 30.0 Å². The van der Waals surface area contributed by atoms with Crippen molar-refractivity contribution >= 4 is 50.0 Å². The molecule has 7 nitrogen and oxygen atoms in total. The second-order valence-corrected chi connectivity index (χ2v) is 12.1. The van der Waals surface area contributed by atoms with Gasteiger partial charge in [0.15, 0.2) is 5.84 Å². The third kappa shape index (κ3) is 3.83. The zero-order valence-corrected chi connectivity index (χ0v) is 21.4. The topological polar surface area (TPSA) is 99.1 Å². The predicted octanol–water partition coefficient (Wildman–Crippen LogP) is 1.09. The Morgan fingerprint density at radius 2 is 2.09 bits per heavy atom. The molecule has 32 heavy (non-hydrogen) atoms. The summed E-state index contributed by atoms with van der Waals surface area (Å²) in [6, 6.07) is 6.03. The second kappa shape index (κ2) is 8.64. The van der Waals surface area contributed by atoms with Crippen molar-refractivity contribution in [2.75, 3.05) is 11.9 Å². The number of nitrogens with one attached hydrogen (secondary N) is 1. The van der Waals surface area contributed by atoms with Crippen molar-refractivity contribution in [1.29, 1.82) is 0 Å². The number of sulfonamides is 1. The molecule has 2 heterocycles. The maximum Gasteiger partial charge on any atom is 1.00 e. The van der Waals surface area contributed by atoms with Crippen molar-refractivity contribution < 1.29 is 37.2 Å². The number of aliphatic hydroxyl groups is 1. The van der Waals surface area contributed by atoms with E-state index >= 15 is 0 Å². The van der Waals surface area contributed by atoms with Gasteiger partial charge in [0, 0.05) is 3.57 Å². The van der Waals surface area contributed by atoms with Crippen LogP contribution in [0.4, 0.5) is 5.69 Å². The number of benzene rings is 1. The van der Waals surface area contributed by atoms with Gasteiger partial charge in [-0.2, -0.15) is 8.42 Å². The SMILES string of the molecule is CC(C)CCN1C(=O)C(C2=NS(=O)(=O)c3cc(I)ccc3N2)=C(O)[C@H]2[C-]1[C@@H]1CC[C@H]2C1.[Li+]. The number of nitrogens with zero attached hydrogens (tertiary/aromatic N) is 2. The van der Waals surface area contributed by atoms with Crippen LogP contribution in [0.5, 0.6) is 0 Å². The molecule has 0 saturated heterocycles. The molecule has 166 valence electrons. The molecule has 3 atom stereocenters. The van der Waals surface area contributed by atoms with Crippen LogP contribution in [0, 0.1) is 33.3 Å². The number of anilines is 1. The zero-order valence-electron chi connectivity index (χ0n) is 18.4. The molecule has 2 N–H and O–H groups in total. The maximum atomic E-state index is 13.6. The van der Waals surface area contributed by atoms with Crippen molar-refractivity contribution in [2.24, 2.45) is 28.1 Å². The van der Waals surface area contributed by atoms with Gasteiger partial charge in [-0.25, -0.2) is 6.04 Å². The number of fused-ring (bicyclic) bond motifs is 6. The number of aliphatic hydroxyl groups excluding tert-OH is 1. The Morgan fingerprint density at radius 1 is 1.34 bits per heavy atom. The number of amides is 1. The molecule has 0 aromatic heterocycles. The van der Waals surface area contributed by atoms with Gasteiger partial charge in [-0.05, 0) is 59.7 Å². The first-order chi connectivity index (χ1) is 14.7. The minimum atomic E-state index is -3.99. The minimum Gasteiger partial charge on any atom is -0.514 e. The Kier molecular flexibility index (Phi) is 6.51. The van der Waals surface area contributed by atoms with E-state index in [2.05, 4.69) is 23.6 Å². The summed E-state index contributed by atoms with van der Waals surface area (Å²) in [6.07, 6.45) is 3.88. The Labute approximate surface area is 214 Å². The molecular weight excluding hydrogens is 536 g/mol. The summed E-state index contributed by atoms with van der Waals surface area (Å²) in [5.74, 6) is 0.363. The average molecular weight is 561 g/mol. The largest absolute Gasteiger partial charge is 1.00 e. The zero-order chi connectivity index (χ0) is 22.1. The number of hydrogen-bond acceptors (Lipinski definition) is 5. The van der Waals surface area contributed by atoms with Gasteiger partial charge < -0.3 is 15.3 Å². The monoisotopic (exact) mass is 561 g/mol. The summed E-state index contributed by atoms with van der Waals surface area (Å²) in [4.78, 5) is 15.5. The Morgan fingerprint density at radius 3 is 2.81 bits per heavy atom. The quantitative estimate of drug-likeness (QED) is 0.326. The number of halogens is 1. The molecule has 1 aromatic carbocycles. The Bertz CT molecular complexity index is 1130. The van der Waals surface area contributed by atoms with Gasteiger partial charge in [-0.1, -0.05) is 44.9 Å². The van der Waals surface area contributed by atoms with Crippen LogP contribution in [0.15, 0.2) is 38.8 Å². The predicted molar refractivity (Wildman–Crippen MR) is 126 cm³/mol. The summed E-state index contributed by atoms with van der Waals surface area (Å²) in [6.45, 7) is 4.80. The number of amidine groups is 1. The van der Waals surface area contributed by atoms with Crippen LogP contribution >= 0.6 is 22.6 Å². The average Bonchev–Trinajstić information content (AvgIpc) is 3.30. The first-order valence-corrected chi connectivity index (χ1v) is 13.2. The summed E-state index contributed by atoms with van der Waals surface area (Å²) in [7, 11) is -3.99. The summed E-state index contributed by atoms with van der Waals surface area (Å²) >= 11 is 2.05. The van der Waals surface area contributed by atoms with Crippen LogP contribution in [0.2, 0.25) is 0 Å². The molecule has 0 spiro atoms. The van der Waals surface area contributed by atoms with E-state index in [4.69, 9.17) is 0 Å². The van der Waals surface area contributed by atoms with Crippen molar-refractivity contribution in [2.45, 2.75) is 44.4 Å². The van der Waals surface area contributed by atoms with E-state index in [9.17, 15) is 18.3 Å². The van der Waals surface area contributed by atoms with Crippen LogP contribution in [0.3, 0.4) is 0 Å². The molecule has 0 radical (unpaired) electrons. The van der Waals surface area contributed by atoms with Crippen LogP contribution in [0.25, 0.3) is 0 Å². The van der Waals surface area contributed by atoms with E-state index in [1.54, 1.807) is 18.2 Å². The molecular formula is C22H25ILiN3O4S. The summed E-state index contributed by atoms with van der Waals surface area (Å²) in [5.41, 5.74) is 0.368. The summed E-state index contributed by atoms with van der Waals surface area (Å²) < 4.78 is 30.5. The molecule has 0 unspecified atom stereocenters. The fraction of sp³-hybridized carbons (Fsp3) is 0.500. The standard InChI is InChI=1S/C22H25IN3O4S.Li/c1-11(2)7-8-26-19-13-4-3-12(9-13)17(19)20(27)18(22(26)28)21-24-15-6-5-14(23)10-16(15)31(29,30)25-21;/h5-6,10-13,17,27H,3-4,7-9H2,1-2H3,(H,24,25);/q-1;+1/t12-,13+,17+;/m0./s1. The van der Waals surface area contributed by atoms with E-state index in [1.165, 1.54) is 0 Å². The molecule has 1 aromatic rings. The van der Waals surface area contributed by atoms with Gasteiger partial charge in [-0.3, -0.25) is 4.79 Å². The molecule has 2 aliphatic heterocycles. The normalized spacial score (nSPS) is 28.2. The number of carbonyl (C=O) groups is 1. The first-order valence-electron chi connectivity index (χ1n) is 10.7. The van der Waals surface area contributed by atoms with Gasteiger partial charge in [-0.15, -0.1) is 10.3 Å². The van der Waals surface area contributed by atoms with Crippen LogP contribution in [-0.4, -0.2) is 36.7 Å². The van der Waals surface area contributed by atoms with Gasteiger partial charge in [0.2, 0.25) is 5.91 Å². The number of carbonyl (C=O) groups excluding carboxylic acids is 1. The fourth-order valence-corrected chi connectivity index (χ4v) is 7.28. The van der Waals surface area contributed by atoms with E-state index in [-0.39, 0.29) is 52.7 Å². The number of rotatable bonds is 4.